The van der Waals surface area contributed by atoms with Gasteiger partial charge in [-0.15, -0.1) is 0 Å². The molecule has 0 atom stereocenters. The number of benzene rings is 1. The first-order valence-corrected chi connectivity index (χ1v) is 8.16. The van der Waals surface area contributed by atoms with Gasteiger partial charge in [-0.25, -0.2) is 4.39 Å². The number of nitrogens with zero attached hydrogens (tertiary/aromatic N) is 3. The van der Waals surface area contributed by atoms with E-state index < -0.39 is 0 Å². The Labute approximate surface area is 141 Å². The summed E-state index contributed by atoms with van der Waals surface area (Å²) in [7, 11) is 3.99. The summed E-state index contributed by atoms with van der Waals surface area (Å²) in [4.78, 5) is 21.5. The van der Waals surface area contributed by atoms with Crippen LogP contribution in [0.2, 0.25) is 0 Å². The molecule has 1 aromatic heterocycles. The molecule has 2 heterocycles. The molecule has 0 saturated heterocycles. The first-order chi connectivity index (χ1) is 11.5. The third kappa shape index (κ3) is 3.31. The predicted octanol–water partition coefficient (Wildman–Crippen LogP) is 2.76. The van der Waals surface area contributed by atoms with E-state index in [1.54, 1.807) is 12.1 Å². The molecule has 0 radical (unpaired) electrons. The maximum Gasteiger partial charge on any atom is 0.256 e. The Balaban J connectivity index is 2.02. The van der Waals surface area contributed by atoms with Crippen LogP contribution >= 0.6 is 0 Å². The summed E-state index contributed by atoms with van der Waals surface area (Å²) in [6, 6.07) is 8.17. The van der Waals surface area contributed by atoms with E-state index >= 15 is 0 Å². The average molecular weight is 327 g/mol. The molecule has 0 fully saturated rings. The molecule has 3 rings (SSSR count). The molecule has 0 N–H and O–H groups in total. The minimum atomic E-state index is -0.292. The molecule has 0 bridgehead atoms. The van der Waals surface area contributed by atoms with Crippen molar-refractivity contribution in [2.75, 3.05) is 33.7 Å². The van der Waals surface area contributed by atoms with Crippen LogP contribution in [0.3, 0.4) is 0 Å². The van der Waals surface area contributed by atoms with Crippen LogP contribution < -0.4 is 0 Å². The first kappa shape index (κ1) is 16.6. The molecular formula is C19H22FN3O. The quantitative estimate of drug-likeness (QED) is 0.866. The Hall–Kier alpha value is -2.27. The fourth-order valence-electron chi connectivity index (χ4n) is 3.04. The highest BCUT2D eigenvalue weighted by Crippen LogP contribution is 2.29. The molecule has 0 aliphatic carbocycles. The monoisotopic (exact) mass is 327 g/mol. The number of rotatable bonds is 4. The van der Waals surface area contributed by atoms with Gasteiger partial charge in [-0.3, -0.25) is 9.78 Å². The lowest BCUT2D eigenvalue weighted by molar-refractivity contribution is 0.0729. The number of carbonyl (C=O) groups excluding carboxylic acids is 1. The van der Waals surface area contributed by atoms with Crippen LogP contribution in [0.4, 0.5) is 4.39 Å². The Morgan fingerprint density at radius 2 is 1.96 bits per heavy atom. The van der Waals surface area contributed by atoms with Crippen LogP contribution in [0.15, 0.2) is 30.3 Å². The normalized spacial score (nSPS) is 14.2. The van der Waals surface area contributed by atoms with Gasteiger partial charge in [0.25, 0.3) is 5.91 Å². The molecule has 0 saturated carbocycles. The molecule has 1 amide bonds. The van der Waals surface area contributed by atoms with Gasteiger partial charge in [-0.2, -0.15) is 0 Å². The van der Waals surface area contributed by atoms with E-state index in [2.05, 4.69) is 9.88 Å². The van der Waals surface area contributed by atoms with E-state index in [0.717, 1.165) is 36.3 Å². The highest BCUT2D eigenvalue weighted by molar-refractivity contribution is 6.02. The van der Waals surface area contributed by atoms with Crippen LogP contribution in [-0.2, 0) is 6.42 Å². The number of hydrogen-bond donors (Lipinski definition) is 0. The highest BCUT2D eigenvalue weighted by Gasteiger charge is 2.28. The van der Waals surface area contributed by atoms with Crippen molar-refractivity contribution in [2.24, 2.45) is 0 Å². The number of pyridine rings is 1. The van der Waals surface area contributed by atoms with Crippen molar-refractivity contribution in [2.45, 2.75) is 13.3 Å². The van der Waals surface area contributed by atoms with Crippen LogP contribution in [0.25, 0.3) is 11.3 Å². The first-order valence-electron chi connectivity index (χ1n) is 8.16. The largest absolute Gasteiger partial charge is 0.337 e. The lowest BCUT2D eigenvalue weighted by Gasteiger charge is -2.30. The van der Waals surface area contributed by atoms with Gasteiger partial charge in [-0.05, 0) is 63.3 Å². The minimum Gasteiger partial charge on any atom is -0.337 e. The fraction of sp³-hybridized carbons (Fsp3) is 0.368. The van der Waals surface area contributed by atoms with Crippen molar-refractivity contribution in [1.29, 1.82) is 0 Å². The number of fused-ring (bicyclic) bond motifs is 1. The van der Waals surface area contributed by atoms with E-state index in [1.165, 1.54) is 12.1 Å². The van der Waals surface area contributed by atoms with Gasteiger partial charge in [-0.1, -0.05) is 0 Å². The Morgan fingerprint density at radius 3 is 2.62 bits per heavy atom. The van der Waals surface area contributed by atoms with E-state index in [0.29, 0.717) is 17.8 Å². The number of carbonyl (C=O) groups is 1. The zero-order valence-corrected chi connectivity index (χ0v) is 14.3. The smallest absolute Gasteiger partial charge is 0.256 e. The summed E-state index contributed by atoms with van der Waals surface area (Å²) >= 11 is 0. The molecule has 0 spiro atoms. The molecule has 5 heteroatoms. The SMILES string of the molecule is Cc1cc2c(c(-c3ccc(F)cc3)n1)C(=O)N(CCN(C)C)CC2. The Morgan fingerprint density at radius 1 is 1.25 bits per heavy atom. The topological polar surface area (TPSA) is 36.4 Å². The number of aromatic nitrogens is 1. The van der Waals surface area contributed by atoms with Gasteiger partial charge in [0.2, 0.25) is 0 Å². The summed E-state index contributed by atoms with van der Waals surface area (Å²) in [5.74, 6) is -0.274. The second-order valence-corrected chi connectivity index (χ2v) is 6.50. The molecule has 4 nitrogen and oxygen atoms in total. The minimum absolute atomic E-state index is 0.0184. The number of amides is 1. The molecule has 1 aromatic carbocycles. The van der Waals surface area contributed by atoms with Crippen molar-refractivity contribution >= 4 is 5.91 Å². The summed E-state index contributed by atoms with van der Waals surface area (Å²) in [5.41, 5.74) is 4.01. The van der Waals surface area contributed by atoms with E-state index in [-0.39, 0.29) is 11.7 Å². The van der Waals surface area contributed by atoms with Crippen LogP contribution in [-0.4, -0.2) is 54.4 Å². The molecule has 1 aliphatic rings. The number of aryl methyl sites for hydroxylation is 1. The maximum absolute atomic E-state index is 13.2. The Kier molecular flexibility index (Phi) is 4.62. The molecule has 0 unspecified atom stereocenters. The lowest BCUT2D eigenvalue weighted by atomic mass is 9.94. The van der Waals surface area contributed by atoms with Crippen LogP contribution in [0, 0.1) is 12.7 Å². The standard InChI is InChI=1S/C19H22FN3O/c1-13-12-15-8-9-23(11-10-22(2)3)19(24)17(15)18(21-13)14-4-6-16(20)7-5-14/h4-7,12H,8-11H2,1-3H3. The van der Waals surface area contributed by atoms with Crippen LogP contribution in [0.5, 0.6) is 0 Å². The zero-order valence-electron chi connectivity index (χ0n) is 14.3. The van der Waals surface area contributed by atoms with Crippen molar-refractivity contribution in [3.63, 3.8) is 0 Å². The molecule has 126 valence electrons. The zero-order chi connectivity index (χ0) is 17.3. The summed E-state index contributed by atoms with van der Waals surface area (Å²) in [5, 5.41) is 0. The second-order valence-electron chi connectivity index (χ2n) is 6.50. The van der Waals surface area contributed by atoms with Crippen molar-refractivity contribution in [3.05, 3.63) is 53.0 Å². The van der Waals surface area contributed by atoms with Crippen LogP contribution in [0.1, 0.15) is 21.6 Å². The summed E-state index contributed by atoms with van der Waals surface area (Å²) in [6.07, 6.45) is 0.825. The van der Waals surface area contributed by atoms with E-state index in [1.807, 2.05) is 32.0 Å². The van der Waals surface area contributed by atoms with E-state index in [9.17, 15) is 9.18 Å². The van der Waals surface area contributed by atoms with Gasteiger partial charge in [0, 0.05) is 30.9 Å². The maximum atomic E-state index is 13.2. The van der Waals surface area contributed by atoms with Crippen molar-refractivity contribution in [3.8, 4) is 11.3 Å². The van der Waals surface area contributed by atoms with E-state index in [4.69, 9.17) is 0 Å². The Bertz CT molecular complexity index is 756. The number of hydrogen-bond acceptors (Lipinski definition) is 3. The molecule has 1 aliphatic heterocycles. The fourth-order valence-corrected chi connectivity index (χ4v) is 3.04. The molecule has 24 heavy (non-hydrogen) atoms. The van der Waals surface area contributed by atoms with Crippen molar-refractivity contribution < 1.29 is 9.18 Å². The van der Waals surface area contributed by atoms with Gasteiger partial charge in [0.15, 0.2) is 0 Å². The lowest BCUT2D eigenvalue weighted by Crippen LogP contribution is -2.41. The summed E-state index contributed by atoms with van der Waals surface area (Å²) in [6.45, 7) is 4.18. The molecule has 2 aromatic rings. The van der Waals surface area contributed by atoms with Gasteiger partial charge in [0.1, 0.15) is 5.82 Å². The third-order valence-corrected chi connectivity index (χ3v) is 4.32. The second kappa shape index (κ2) is 6.69. The number of halogens is 1. The van der Waals surface area contributed by atoms with Gasteiger partial charge >= 0.3 is 0 Å². The third-order valence-electron chi connectivity index (χ3n) is 4.32. The number of likely N-dealkylation sites (N-methyl/N-ethyl adjacent to an activating group) is 1. The molecular weight excluding hydrogens is 305 g/mol. The summed E-state index contributed by atoms with van der Waals surface area (Å²) < 4.78 is 13.2. The van der Waals surface area contributed by atoms with Gasteiger partial charge < -0.3 is 9.80 Å². The average Bonchev–Trinajstić information content (AvgIpc) is 2.54. The van der Waals surface area contributed by atoms with Gasteiger partial charge in [0.05, 0.1) is 11.3 Å². The predicted molar refractivity (Wildman–Crippen MR) is 92.5 cm³/mol. The van der Waals surface area contributed by atoms with Crippen molar-refractivity contribution in [1.82, 2.24) is 14.8 Å². The highest BCUT2D eigenvalue weighted by atomic mass is 19.1.